The normalized spacial score (nSPS) is 26.9. The van der Waals surface area contributed by atoms with Crippen LogP contribution in [0.15, 0.2) is 67.1 Å². The molecule has 2 amide bonds. The number of hydrogen-bond acceptors (Lipinski definition) is 5. The summed E-state index contributed by atoms with van der Waals surface area (Å²) < 4.78 is 28.4. The number of halogens is 3. The highest BCUT2D eigenvalue weighted by Gasteiger charge is 2.53. The number of anilines is 1. The van der Waals surface area contributed by atoms with Crippen LogP contribution >= 0.6 is 11.6 Å². The molecule has 1 fully saturated rings. The summed E-state index contributed by atoms with van der Waals surface area (Å²) in [6.45, 7) is 1.90. The number of alkyl halides is 3. The summed E-state index contributed by atoms with van der Waals surface area (Å²) in [6.07, 6.45) is 1.88. The van der Waals surface area contributed by atoms with Gasteiger partial charge in [0.2, 0.25) is 12.0 Å². The van der Waals surface area contributed by atoms with Crippen molar-refractivity contribution in [2.75, 3.05) is 11.4 Å². The lowest BCUT2D eigenvalue weighted by atomic mass is 9.77. The monoisotopic (exact) mass is 540 g/mol. The van der Waals surface area contributed by atoms with Crippen molar-refractivity contribution in [3.8, 4) is 0 Å². The number of carbonyl (C=O) groups is 2. The van der Waals surface area contributed by atoms with Gasteiger partial charge in [-0.05, 0) is 55.5 Å². The second-order valence-electron chi connectivity index (χ2n) is 9.93. The minimum absolute atomic E-state index is 0.00300. The van der Waals surface area contributed by atoms with Gasteiger partial charge in [-0.15, -0.1) is 11.6 Å². The van der Waals surface area contributed by atoms with Gasteiger partial charge in [0.25, 0.3) is 11.8 Å². The van der Waals surface area contributed by atoms with Crippen molar-refractivity contribution in [2.24, 2.45) is 11.8 Å². The quantitative estimate of drug-likeness (QED) is 0.460. The zero-order valence-electron chi connectivity index (χ0n) is 20.6. The SMILES string of the molecule is Cc1ccc([C@@]2(O)C(=O)N(C[C@H]3C[C@@H](C(F)F)[C@H](NC(=O)c4cccnc4)C[C@H]3Cl)c3ccccc32)nc1. The predicted molar refractivity (Wildman–Crippen MR) is 138 cm³/mol. The van der Waals surface area contributed by atoms with Crippen LogP contribution in [0.3, 0.4) is 0 Å². The number of rotatable bonds is 6. The number of amides is 2. The first-order valence-corrected chi connectivity index (χ1v) is 12.8. The molecule has 198 valence electrons. The van der Waals surface area contributed by atoms with E-state index in [1.807, 2.05) is 6.92 Å². The molecule has 5 atom stereocenters. The summed E-state index contributed by atoms with van der Waals surface area (Å²) in [7, 11) is 0. The minimum atomic E-state index is -2.70. The van der Waals surface area contributed by atoms with E-state index < -0.39 is 47.1 Å². The van der Waals surface area contributed by atoms with Gasteiger partial charge in [0.15, 0.2) is 0 Å². The van der Waals surface area contributed by atoms with Gasteiger partial charge in [0.05, 0.1) is 16.9 Å². The number of benzene rings is 1. The standard InChI is InChI=1S/C28H27ClF2N4O3/c1-16-8-9-24(33-13-16)28(38)20-6-2-3-7-23(20)35(27(28)37)15-18-11-19(25(30)31)22(12-21(18)29)34-26(36)17-5-4-10-32-14-17/h2-10,13-14,18-19,21-22,25,38H,11-12,15H2,1H3,(H,34,36)/t18-,19-,21-,22-,28-/m1/s1. The maximum atomic E-state index is 14.2. The van der Waals surface area contributed by atoms with E-state index in [0.29, 0.717) is 11.3 Å². The molecule has 3 aromatic rings. The van der Waals surface area contributed by atoms with E-state index >= 15 is 0 Å². The minimum Gasteiger partial charge on any atom is -0.370 e. The van der Waals surface area contributed by atoms with E-state index in [1.54, 1.807) is 54.7 Å². The summed E-state index contributed by atoms with van der Waals surface area (Å²) in [5, 5.41) is 13.8. The van der Waals surface area contributed by atoms with Crippen molar-refractivity contribution in [1.82, 2.24) is 15.3 Å². The van der Waals surface area contributed by atoms with Crippen molar-refractivity contribution < 1.29 is 23.5 Å². The maximum Gasteiger partial charge on any atom is 0.270 e. The van der Waals surface area contributed by atoms with Crippen LogP contribution in [-0.2, 0) is 10.4 Å². The van der Waals surface area contributed by atoms with Crippen LogP contribution in [0.5, 0.6) is 0 Å². The second kappa shape index (κ2) is 10.4. The first-order chi connectivity index (χ1) is 18.2. The Balaban J connectivity index is 1.38. The van der Waals surface area contributed by atoms with E-state index in [4.69, 9.17) is 11.6 Å². The number of para-hydroxylation sites is 1. The lowest BCUT2D eigenvalue weighted by Gasteiger charge is -2.40. The van der Waals surface area contributed by atoms with Crippen molar-refractivity contribution in [3.63, 3.8) is 0 Å². The van der Waals surface area contributed by atoms with Crippen LogP contribution in [0.4, 0.5) is 14.5 Å². The highest BCUT2D eigenvalue weighted by Crippen LogP contribution is 2.45. The van der Waals surface area contributed by atoms with Crippen LogP contribution in [-0.4, -0.2) is 51.3 Å². The van der Waals surface area contributed by atoms with Gasteiger partial charge in [-0.3, -0.25) is 19.6 Å². The van der Waals surface area contributed by atoms with E-state index in [2.05, 4.69) is 15.3 Å². The molecule has 0 bridgehead atoms. The predicted octanol–water partition coefficient (Wildman–Crippen LogP) is 4.06. The van der Waals surface area contributed by atoms with Crippen molar-refractivity contribution >= 4 is 29.1 Å². The Bertz CT molecular complexity index is 1330. The number of pyridine rings is 2. The number of aryl methyl sites for hydroxylation is 1. The summed E-state index contributed by atoms with van der Waals surface area (Å²) in [4.78, 5) is 36.0. The topological polar surface area (TPSA) is 95.4 Å². The number of carbonyl (C=O) groups excluding carboxylic acids is 2. The number of nitrogens with one attached hydrogen (secondary N) is 1. The molecule has 0 radical (unpaired) electrons. The Labute approximate surface area is 223 Å². The Hall–Kier alpha value is -3.43. The third-order valence-electron chi connectivity index (χ3n) is 7.48. The van der Waals surface area contributed by atoms with Crippen LogP contribution in [0, 0.1) is 18.8 Å². The molecular weight excluding hydrogens is 514 g/mol. The summed E-state index contributed by atoms with van der Waals surface area (Å²) in [5.74, 6) is -2.73. The third-order valence-corrected chi connectivity index (χ3v) is 8.02. The summed E-state index contributed by atoms with van der Waals surface area (Å²) in [6, 6.07) is 12.6. The molecule has 3 heterocycles. The van der Waals surface area contributed by atoms with E-state index in [9.17, 15) is 23.5 Å². The lowest BCUT2D eigenvalue weighted by molar-refractivity contribution is -0.132. The Kier molecular flexibility index (Phi) is 7.15. The Morgan fingerprint density at radius 3 is 2.66 bits per heavy atom. The molecule has 1 aliphatic carbocycles. The Morgan fingerprint density at radius 1 is 1.18 bits per heavy atom. The summed E-state index contributed by atoms with van der Waals surface area (Å²) >= 11 is 6.71. The molecule has 0 spiro atoms. The first kappa shape index (κ1) is 26.2. The highest BCUT2D eigenvalue weighted by atomic mass is 35.5. The van der Waals surface area contributed by atoms with Crippen molar-refractivity contribution in [3.05, 3.63) is 89.5 Å². The van der Waals surface area contributed by atoms with Gasteiger partial charge in [-0.1, -0.05) is 24.3 Å². The van der Waals surface area contributed by atoms with Gasteiger partial charge in [0, 0.05) is 48.0 Å². The largest absolute Gasteiger partial charge is 0.370 e. The molecule has 1 aromatic carbocycles. The van der Waals surface area contributed by atoms with Crippen LogP contribution in [0.2, 0.25) is 0 Å². The molecule has 1 saturated carbocycles. The molecule has 0 unspecified atom stereocenters. The molecule has 7 nitrogen and oxygen atoms in total. The van der Waals surface area contributed by atoms with E-state index in [0.717, 1.165) is 5.56 Å². The molecule has 10 heteroatoms. The highest BCUT2D eigenvalue weighted by molar-refractivity contribution is 6.21. The molecule has 5 rings (SSSR count). The molecule has 38 heavy (non-hydrogen) atoms. The van der Waals surface area contributed by atoms with Crippen molar-refractivity contribution in [2.45, 2.75) is 43.2 Å². The molecular formula is C28H27ClF2N4O3. The zero-order chi connectivity index (χ0) is 27.0. The molecule has 1 aliphatic heterocycles. The molecule has 2 aliphatic rings. The smallest absolute Gasteiger partial charge is 0.270 e. The molecule has 0 saturated heterocycles. The fraction of sp³-hybridized carbons (Fsp3) is 0.357. The fourth-order valence-corrected chi connectivity index (χ4v) is 5.81. The van der Waals surface area contributed by atoms with Crippen LogP contribution in [0.25, 0.3) is 0 Å². The van der Waals surface area contributed by atoms with Crippen molar-refractivity contribution in [1.29, 1.82) is 0 Å². The Morgan fingerprint density at radius 2 is 1.97 bits per heavy atom. The van der Waals surface area contributed by atoms with Gasteiger partial charge < -0.3 is 15.3 Å². The first-order valence-electron chi connectivity index (χ1n) is 12.4. The average Bonchev–Trinajstić information content (AvgIpc) is 3.13. The summed E-state index contributed by atoms with van der Waals surface area (Å²) in [5.41, 5.74) is 0.226. The van der Waals surface area contributed by atoms with Crippen LogP contribution < -0.4 is 10.2 Å². The zero-order valence-corrected chi connectivity index (χ0v) is 21.4. The number of aromatic nitrogens is 2. The third kappa shape index (κ3) is 4.65. The number of fused-ring (bicyclic) bond motifs is 1. The van der Waals surface area contributed by atoms with Gasteiger partial charge in [0.1, 0.15) is 0 Å². The fourth-order valence-electron chi connectivity index (χ4n) is 5.43. The van der Waals surface area contributed by atoms with E-state index in [1.165, 1.54) is 17.3 Å². The number of aliphatic hydroxyl groups is 1. The van der Waals surface area contributed by atoms with Gasteiger partial charge in [-0.25, -0.2) is 8.78 Å². The second-order valence-corrected chi connectivity index (χ2v) is 10.5. The van der Waals surface area contributed by atoms with E-state index in [-0.39, 0.29) is 30.6 Å². The average molecular weight is 541 g/mol. The molecule has 2 aromatic heterocycles. The van der Waals surface area contributed by atoms with Gasteiger partial charge in [-0.2, -0.15) is 0 Å². The number of hydrogen-bond donors (Lipinski definition) is 2. The van der Waals surface area contributed by atoms with Crippen LogP contribution in [0.1, 0.15) is 40.0 Å². The lowest BCUT2D eigenvalue weighted by Crippen LogP contribution is -2.52. The number of nitrogens with zero attached hydrogens (tertiary/aromatic N) is 3. The van der Waals surface area contributed by atoms with Gasteiger partial charge >= 0.3 is 0 Å². The molecule has 2 N–H and O–H groups in total. The maximum absolute atomic E-state index is 14.2.